The van der Waals surface area contributed by atoms with Crippen LogP contribution in [0.25, 0.3) is 0 Å². The molecule has 0 aromatic heterocycles. The van der Waals surface area contributed by atoms with Gasteiger partial charge in [0.25, 0.3) is 0 Å². The molecular formula is C20H19NO6. The average Bonchev–Trinajstić information content (AvgIpc) is 3.41. The monoisotopic (exact) mass is 369 g/mol. The second-order valence-electron chi connectivity index (χ2n) is 7.96. The smallest absolute Gasteiger partial charge is 0.310 e. The molecular weight excluding hydrogens is 350 g/mol. The van der Waals surface area contributed by atoms with Crippen LogP contribution in [0.1, 0.15) is 18.1 Å². The number of nitrogens with zero attached hydrogens (tertiary/aromatic N) is 1. The van der Waals surface area contributed by atoms with E-state index in [1.165, 1.54) is 0 Å². The first-order chi connectivity index (χ1) is 13.1. The average molecular weight is 369 g/mol. The first-order valence-corrected chi connectivity index (χ1v) is 9.29. The normalized spacial score (nSPS) is 42.7. The SMILES string of the molecule is COc1ccc2c(c1)C1OCCC1C1N2C(=O)C2C(C(=O)O)C3C=CC21O3. The van der Waals surface area contributed by atoms with Crippen molar-refractivity contribution in [2.24, 2.45) is 17.8 Å². The summed E-state index contributed by atoms with van der Waals surface area (Å²) in [6, 6.07) is 5.39. The number of carboxylic acid groups (broad SMARTS) is 1. The fourth-order valence-electron chi connectivity index (χ4n) is 6.02. The molecule has 140 valence electrons. The zero-order chi connectivity index (χ0) is 18.5. The van der Waals surface area contributed by atoms with Crippen LogP contribution in [0.15, 0.2) is 30.4 Å². The molecule has 0 radical (unpaired) electrons. The van der Waals surface area contributed by atoms with Crippen molar-refractivity contribution < 1.29 is 28.9 Å². The van der Waals surface area contributed by atoms with Crippen LogP contribution in [0, 0.1) is 17.8 Å². The van der Waals surface area contributed by atoms with E-state index in [2.05, 4.69) is 0 Å². The van der Waals surface area contributed by atoms with Crippen molar-refractivity contribution >= 4 is 17.6 Å². The molecule has 6 rings (SSSR count). The first kappa shape index (κ1) is 15.7. The highest BCUT2D eigenvalue weighted by Crippen LogP contribution is 2.62. The quantitative estimate of drug-likeness (QED) is 0.796. The lowest BCUT2D eigenvalue weighted by molar-refractivity contribution is -0.146. The fraction of sp³-hybridized carbons (Fsp3) is 0.500. The van der Waals surface area contributed by atoms with Gasteiger partial charge in [0.05, 0.1) is 37.0 Å². The molecule has 0 saturated carbocycles. The van der Waals surface area contributed by atoms with Gasteiger partial charge in [0.1, 0.15) is 17.3 Å². The lowest BCUT2D eigenvalue weighted by Gasteiger charge is -2.44. The van der Waals surface area contributed by atoms with Gasteiger partial charge in [-0.05, 0) is 24.6 Å². The standard InChI is InChI=1S/C20H19NO6/c1-25-9-2-3-12-11(8-9)16-10(5-7-26-16)17-20-6-4-13(27-20)14(19(23)24)15(20)18(22)21(12)17/h2-4,6,8,10,13-17H,5,7H2,1H3,(H,23,24). The molecule has 5 aliphatic rings. The minimum Gasteiger partial charge on any atom is -0.497 e. The molecule has 1 N–H and O–H groups in total. The molecule has 1 amide bonds. The van der Waals surface area contributed by atoms with Crippen LogP contribution in [0.4, 0.5) is 5.69 Å². The van der Waals surface area contributed by atoms with Crippen LogP contribution >= 0.6 is 0 Å². The lowest BCUT2D eigenvalue weighted by Crippen LogP contribution is -2.53. The zero-order valence-corrected chi connectivity index (χ0v) is 14.7. The predicted molar refractivity (Wildman–Crippen MR) is 92.4 cm³/mol. The number of ether oxygens (including phenoxy) is 3. The Bertz CT molecular complexity index is 912. The maximum atomic E-state index is 13.5. The number of hydrogen-bond donors (Lipinski definition) is 1. The number of hydrogen-bond acceptors (Lipinski definition) is 5. The zero-order valence-electron chi connectivity index (χ0n) is 14.7. The maximum Gasteiger partial charge on any atom is 0.310 e. The summed E-state index contributed by atoms with van der Waals surface area (Å²) in [6.45, 7) is 0.612. The summed E-state index contributed by atoms with van der Waals surface area (Å²) in [5.74, 6) is -1.88. The van der Waals surface area contributed by atoms with Crippen LogP contribution in [0.5, 0.6) is 5.75 Å². The van der Waals surface area contributed by atoms with Crippen molar-refractivity contribution in [1.82, 2.24) is 0 Å². The van der Waals surface area contributed by atoms with E-state index >= 15 is 0 Å². The van der Waals surface area contributed by atoms with E-state index in [1.54, 1.807) is 12.0 Å². The number of fused-ring (bicyclic) bond motifs is 7. The van der Waals surface area contributed by atoms with E-state index in [4.69, 9.17) is 14.2 Å². The molecule has 7 unspecified atom stereocenters. The number of carbonyl (C=O) groups is 2. The van der Waals surface area contributed by atoms with Crippen molar-refractivity contribution in [1.29, 1.82) is 0 Å². The first-order valence-electron chi connectivity index (χ1n) is 9.29. The van der Waals surface area contributed by atoms with Gasteiger partial charge in [-0.15, -0.1) is 0 Å². The number of anilines is 1. The van der Waals surface area contributed by atoms with E-state index in [1.807, 2.05) is 30.4 Å². The molecule has 1 spiro atoms. The molecule has 3 saturated heterocycles. The summed E-state index contributed by atoms with van der Waals surface area (Å²) in [4.78, 5) is 27.2. The molecule has 7 atom stereocenters. The Morgan fingerprint density at radius 2 is 2.26 bits per heavy atom. The molecule has 5 aliphatic heterocycles. The highest BCUT2D eigenvalue weighted by molar-refractivity contribution is 6.04. The third kappa shape index (κ3) is 1.66. The van der Waals surface area contributed by atoms with Crippen LogP contribution in [-0.4, -0.2) is 48.4 Å². The molecule has 5 heterocycles. The molecule has 0 aliphatic carbocycles. The number of rotatable bonds is 2. The largest absolute Gasteiger partial charge is 0.497 e. The Labute approximate surface area is 155 Å². The minimum atomic E-state index is -0.974. The van der Waals surface area contributed by atoms with Gasteiger partial charge in [0.2, 0.25) is 5.91 Å². The third-order valence-corrected chi connectivity index (χ3v) is 6.96. The van der Waals surface area contributed by atoms with Crippen molar-refractivity contribution in [2.45, 2.75) is 30.3 Å². The summed E-state index contributed by atoms with van der Waals surface area (Å²) in [7, 11) is 1.61. The van der Waals surface area contributed by atoms with Gasteiger partial charge >= 0.3 is 5.97 Å². The lowest BCUT2D eigenvalue weighted by atomic mass is 9.70. The molecule has 2 bridgehead atoms. The summed E-state index contributed by atoms with van der Waals surface area (Å²) < 4.78 is 17.7. The van der Waals surface area contributed by atoms with E-state index in [9.17, 15) is 14.7 Å². The van der Waals surface area contributed by atoms with Gasteiger partial charge in [-0.3, -0.25) is 9.59 Å². The van der Waals surface area contributed by atoms with E-state index in [-0.39, 0.29) is 24.0 Å². The summed E-state index contributed by atoms with van der Waals surface area (Å²) in [6.07, 6.45) is 3.90. The van der Waals surface area contributed by atoms with Gasteiger partial charge in [0, 0.05) is 18.1 Å². The van der Waals surface area contributed by atoms with Crippen molar-refractivity contribution in [3.63, 3.8) is 0 Å². The summed E-state index contributed by atoms with van der Waals surface area (Å²) >= 11 is 0. The van der Waals surface area contributed by atoms with Crippen LogP contribution in [0.2, 0.25) is 0 Å². The predicted octanol–water partition coefficient (Wildman–Crippen LogP) is 1.53. The number of benzene rings is 1. The molecule has 27 heavy (non-hydrogen) atoms. The van der Waals surface area contributed by atoms with Crippen LogP contribution in [-0.2, 0) is 19.1 Å². The maximum absolute atomic E-state index is 13.5. The molecule has 7 heteroatoms. The van der Waals surface area contributed by atoms with E-state index < -0.39 is 29.5 Å². The van der Waals surface area contributed by atoms with E-state index in [0.717, 1.165) is 17.7 Å². The second kappa shape index (κ2) is 4.91. The summed E-state index contributed by atoms with van der Waals surface area (Å²) in [5, 5.41) is 9.76. The van der Waals surface area contributed by atoms with Crippen molar-refractivity contribution in [2.75, 3.05) is 18.6 Å². The minimum absolute atomic E-state index is 0.0644. The van der Waals surface area contributed by atoms with Gasteiger partial charge < -0.3 is 24.2 Å². The summed E-state index contributed by atoms with van der Waals surface area (Å²) in [5.41, 5.74) is 0.838. The number of carbonyl (C=O) groups excluding carboxylic acids is 1. The molecule has 1 aromatic carbocycles. The Hall–Kier alpha value is -2.38. The third-order valence-electron chi connectivity index (χ3n) is 6.96. The highest BCUT2D eigenvalue weighted by Gasteiger charge is 2.74. The fourth-order valence-corrected chi connectivity index (χ4v) is 6.02. The van der Waals surface area contributed by atoms with E-state index in [0.29, 0.717) is 12.4 Å². The Balaban J connectivity index is 1.57. The van der Waals surface area contributed by atoms with Gasteiger partial charge in [-0.25, -0.2) is 0 Å². The Morgan fingerprint density at radius 3 is 3.04 bits per heavy atom. The van der Waals surface area contributed by atoms with Gasteiger partial charge in [-0.1, -0.05) is 12.2 Å². The highest BCUT2D eigenvalue weighted by atomic mass is 16.5. The van der Waals surface area contributed by atoms with Crippen LogP contribution in [0.3, 0.4) is 0 Å². The molecule has 7 nitrogen and oxygen atoms in total. The Kier molecular flexibility index (Phi) is 2.85. The Morgan fingerprint density at radius 1 is 1.41 bits per heavy atom. The number of methoxy groups -OCH3 is 1. The van der Waals surface area contributed by atoms with Crippen LogP contribution < -0.4 is 9.64 Å². The van der Waals surface area contributed by atoms with Gasteiger partial charge in [0.15, 0.2) is 0 Å². The molecule has 3 fully saturated rings. The number of aliphatic carboxylic acids is 1. The van der Waals surface area contributed by atoms with Gasteiger partial charge in [-0.2, -0.15) is 0 Å². The molecule has 1 aromatic rings. The van der Waals surface area contributed by atoms with Crippen molar-refractivity contribution in [3.8, 4) is 5.75 Å². The second-order valence-corrected chi connectivity index (χ2v) is 7.96. The number of carboxylic acids is 1. The van der Waals surface area contributed by atoms with Crippen molar-refractivity contribution in [3.05, 3.63) is 35.9 Å². The number of amides is 1. The topological polar surface area (TPSA) is 85.3 Å².